The number of hydrogen-bond donors (Lipinski definition) is 1. The second-order valence-electron chi connectivity index (χ2n) is 6.52. The van der Waals surface area contributed by atoms with Gasteiger partial charge in [0.15, 0.2) is 0 Å². The van der Waals surface area contributed by atoms with Gasteiger partial charge < -0.3 is 5.32 Å². The van der Waals surface area contributed by atoms with E-state index in [4.69, 9.17) is 0 Å². The lowest BCUT2D eigenvalue weighted by molar-refractivity contribution is 0.0130. The Morgan fingerprint density at radius 1 is 1.05 bits per heavy atom. The van der Waals surface area contributed by atoms with Crippen molar-refractivity contribution in [3.05, 3.63) is 35.6 Å². The molecule has 0 aromatic heterocycles. The van der Waals surface area contributed by atoms with Crippen molar-refractivity contribution in [2.24, 2.45) is 5.41 Å². The van der Waals surface area contributed by atoms with Crippen LogP contribution in [0.5, 0.6) is 0 Å². The van der Waals surface area contributed by atoms with Crippen LogP contribution in [-0.4, -0.2) is 13.1 Å². The van der Waals surface area contributed by atoms with Gasteiger partial charge in [-0.25, -0.2) is 4.39 Å². The van der Waals surface area contributed by atoms with Crippen molar-refractivity contribution >= 4 is 0 Å². The van der Waals surface area contributed by atoms with Gasteiger partial charge in [-0.2, -0.15) is 0 Å². The van der Waals surface area contributed by atoms with E-state index in [0.717, 1.165) is 19.5 Å². The third-order valence-corrected chi connectivity index (χ3v) is 5.27. The first-order valence-corrected chi connectivity index (χ1v) is 8.06. The van der Waals surface area contributed by atoms with E-state index >= 15 is 0 Å². The summed E-state index contributed by atoms with van der Waals surface area (Å²) < 4.78 is 13.2. The molecule has 1 aliphatic rings. The predicted molar refractivity (Wildman–Crippen MR) is 83.5 cm³/mol. The molecule has 1 N–H and O–H groups in total. The average Bonchev–Trinajstić information content (AvgIpc) is 2.43. The molecule has 0 spiro atoms. The standard InChI is InChI=1S/C18H28FN/c1-4-11-20-14-18(12-17(5-2,6-3)13-18)15-7-9-16(19)10-8-15/h7-10,20H,4-6,11-14H2,1-3H3. The zero-order valence-electron chi connectivity index (χ0n) is 13.1. The fourth-order valence-electron chi connectivity index (χ4n) is 3.87. The van der Waals surface area contributed by atoms with Crippen LogP contribution in [0.15, 0.2) is 24.3 Å². The normalized spacial score (nSPS) is 19.6. The molecule has 0 aliphatic heterocycles. The second-order valence-corrected chi connectivity index (χ2v) is 6.52. The van der Waals surface area contributed by atoms with Gasteiger partial charge in [0.1, 0.15) is 5.82 Å². The van der Waals surface area contributed by atoms with Gasteiger partial charge in [0.25, 0.3) is 0 Å². The Balaban J connectivity index is 2.16. The number of halogens is 1. The maximum absolute atomic E-state index is 13.2. The summed E-state index contributed by atoms with van der Waals surface area (Å²) in [6, 6.07) is 7.18. The quantitative estimate of drug-likeness (QED) is 0.715. The highest BCUT2D eigenvalue weighted by atomic mass is 19.1. The lowest BCUT2D eigenvalue weighted by Crippen LogP contribution is -2.54. The third-order valence-electron chi connectivity index (χ3n) is 5.27. The monoisotopic (exact) mass is 277 g/mol. The van der Waals surface area contributed by atoms with Crippen LogP contribution in [0.4, 0.5) is 4.39 Å². The summed E-state index contributed by atoms with van der Waals surface area (Å²) in [6.07, 6.45) is 6.12. The summed E-state index contributed by atoms with van der Waals surface area (Å²) >= 11 is 0. The molecule has 0 atom stereocenters. The molecule has 2 rings (SSSR count). The van der Waals surface area contributed by atoms with Crippen LogP contribution in [0, 0.1) is 11.2 Å². The molecule has 0 unspecified atom stereocenters. The fourth-order valence-corrected chi connectivity index (χ4v) is 3.87. The highest BCUT2D eigenvalue weighted by Gasteiger charge is 2.52. The molecule has 1 aliphatic carbocycles. The van der Waals surface area contributed by atoms with Crippen LogP contribution in [0.1, 0.15) is 58.4 Å². The van der Waals surface area contributed by atoms with Gasteiger partial charge in [-0.05, 0) is 48.9 Å². The van der Waals surface area contributed by atoms with Gasteiger partial charge in [-0.3, -0.25) is 0 Å². The predicted octanol–water partition coefficient (Wildman–Crippen LogP) is 4.66. The zero-order chi connectivity index (χ0) is 14.6. The topological polar surface area (TPSA) is 12.0 Å². The Morgan fingerprint density at radius 2 is 1.65 bits per heavy atom. The molecule has 0 heterocycles. The van der Waals surface area contributed by atoms with E-state index in [2.05, 4.69) is 26.1 Å². The van der Waals surface area contributed by atoms with E-state index in [1.54, 1.807) is 12.1 Å². The summed E-state index contributed by atoms with van der Waals surface area (Å²) in [4.78, 5) is 0. The van der Waals surface area contributed by atoms with Crippen molar-refractivity contribution in [1.82, 2.24) is 5.32 Å². The van der Waals surface area contributed by atoms with Crippen molar-refractivity contribution in [2.45, 2.75) is 58.3 Å². The van der Waals surface area contributed by atoms with Crippen molar-refractivity contribution in [3.63, 3.8) is 0 Å². The minimum atomic E-state index is -0.137. The van der Waals surface area contributed by atoms with Gasteiger partial charge in [0.05, 0.1) is 0 Å². The molecule has 2 heteroatoms. The molecule has 1 aromatic rings. The minimum absolute atomic E-state index is 0.137. The highest BCUT2D eigenvalue weighted by Crippen LogP contribution is 2.58. The third kappa shape index (κ3) is 2.90. The van der Waals surface area contributed by atoms with Crippen molar-refractivity contribution in [1.29, 1.82) is 0 Å². The van der Waals surface area contributed by atoms with Crippen molar-refractivity contribution < 1.29 is 4.39 Å². The van der Waals surface area contributed by atoms with E-state index in [9.17, 15) is 4.39 Å². The Morgan fingerprint density at radius 3 is 2.15 bits per heavy atom. The summed E-state index contributed by atoms with van der Waals surface area (Å²) in [5.74, 6) is -0.137. The molecule has 0 amide bonds. The van der Waals surface area contributed by atoms with Crippen LogP contribution < -0.4 is 5.32 Å². The Hall–Kier alpha value is -0.890. The molecule has 1 nitrogen and oxygen atoms in total. The molecule has 0 radical (unpaired) electrons. The van der Waals surface area contributed by atoms with Crippen LogP contribution in [0.3, 0.4) is 0 Å². The van der Waals surface area contributed by atoms with Crippen molar-refractivity contribution in [3.8, 4) is 0 Å². The molecular formula is C18H28FN. The maximum Gasteiger partial charge on any atom is 0.123 e. The van der Waals surface area contributed by atoms with E-state index in [1.807, 2.05) is 12.1 Å². The zero-order valence-corrected chi connectivity index (χ0v) is 13.1. The van der Waals surface area contributed by atoms with Gasteiger partial charge in [0, 0.05) is 12.0 Å². The van der Waals surface area contributed by atoms with E-state index in [-0.39, 0.29) is 11.2 Å². The summed E-state index contributed by atoms with van der Waals surface area (Å²) in [5.41, 5.74) is 2.02. The van der Waals surface area contributed by atoms with E-state index in [0.29, 0.717) is 5.41 Å². The Labute approximate surface area is 123 Å². The number of benzene rings is 1. The summed E-state index contributed by atoms with van der Waals surface area (Å²) in [6.45, 7) is 8.89. The van der Waals surface area contributed by atoms with Gasteiger partial charge in [-0.1, -0.05) is 45.7 Å². The fraction of sp³-hybridized carbons (Fsp3) is 0.667. The SMILES string of the molecule is CCCNCC1(c2ccc(F)cc2)CC(CC)(CC)C1. The Kier molecular flexibility index (Phi) is 4.85. The van der Waals surface area contributed by atoms with E-state index < -0.39 is 0 Å². The number of hydrogen-bond acceptors (Lipinski definition) is 1. The van der Waals surface area contributed by atoms with Gasteiger partial charge >= 0.3 is 0 Å². The first kappa shape index (κ1) is 15.5. The molecule has 1 aromatic carbocycles. The molecule has 20 heavy (non-hydrogen) atoms. The first-order valence-electron chi connectivity index (χ1n) is 8.06. The smallest absolute Gasteiger partial charge is 0.123 e. The molecule has 1 saturated carbocycles. The highest BCUT2D eigenvalue weighted by molar-refractivity contribution is 5.31. The van der Waals surface area contributed by atoms with Gasteiger partial charge in [-0.15, -0.1) is 0 Å². The first-order chi connectivity index (χ1) is 9.60. The second kappa shape index (κ2) is 6.26. The lowest BCUT2D eigenvalue weighted by atomic mass is 9.48. The summed E-state index contributed by atoms with van der Waals surface area (Å²) in [7, 11) is 0. The van der Waals surface area contributed by atoms with Gasteiger partial charge in [0.2, 0.25) is 0 Å². The maximum atomic E-state index is 13.2. The molecular weight excluding hydrogens is 249 g/mol. The summed E-state index contributed by atoms with van der Waals surface area (Å²) in [5, 5.41) is 3.58. The molecule has 112 valence electrons. The van der Waals surface area contributed by atoms with Crippen LogP contribution in [0.2, 0.25) is 0 Å². The van der Waals surface area contributed by atoms with Crippen LogP contribution in [-0.2, 0) is 5.41 Å². The van der Waals surface area contributed by atoms with Crippen molar-refractivity contribution in [2.75, 3.05) is 13.1 Å². The minimum Gasteiger partial charge on any atom is -0.316 e. The lowest BCUT2D eigenvalue weighted by Gasteiger charge is -2.57. The average molecular weight is 277 g/mol. The number of rotatable bonds is 7. The molecule has 1 fully saturated rings. The largest absolute Gasteiger partial charge is 0.316 e. The Bertz CT molecular complexity index is 412. The van der Waals surface area contributed by atoms with Crippen LogP contribution >= 0.6 is 0 Å². The molecule has 0 saturated heterocycles. The number of nitrogens with one attached hydrogen (secondary N) is 1. The van der Waals surface area contributed by atoms with E-state index in [1.165, 1.54) is 31.2 Å². The molecule has 0 bridgehead atoms. The van der Waals surface area contributed by atoms with Crippen LogP contribution in [0.25, 0.3) is 0 Å².